The molecule has 124 valence electrons. The van der Waals surface area contributed by atoms with Gasteiger partial charge in [0.25, 0.3) is 5.91 Å². The Labute approximate surface area is 145 Å². The predicted octanol–water partition coefficient (Wildman–Crippen LogP) is 4.18. The van der Waals surface area contributed by atoms with Gasteiger partial charge < -0.3 is 16.0 Å². The van der Waals surface area contributed by atoms with Crippen LogP contribution in [0.5, 0.6) is 0 Å². The summed E-state index contributed by atoms with van der Waals surface area (Å²) < 4.78 is 0. The van der Waals surface area contributed by atoms with Crippen LogP contribution in [0.1, 0.15) is 28.8 Å². The summed E-state index contributed by atoms with van der Waals surface area (Å²) in [7, 11) is 0. The highest BCUT2D eigenvalue weighted by Gasteiger charge is 2.23. The molecular formula is C18H18ClN3O2. The average molecular weight is 344 g/mol. The van der Waals surface area contributed by atoms with Gasteiger partial charge in [-0.05, 0) is 61.7 Å². The number of urea groups is 1. The van der Waals surface area contributed by atoms with E-state index >= 15 is 0 Å². The van der Waals surface area contributed by atoms with Crippen LogP contribution >= 0.6 is 11.6 Å². The van der Waals surface area contributed by atoms with E-state index < -0.39 is 0 Å². The van der Waals surface area contributed by atoms with Crippen molar-refractivity contribution in [2.75, 3.05) is 10.6 Å². The summed E-state index contributed by atoms with van der Waals surface area (Å²) in [5.41, 5.74) is 2.74. The smallest absolute Gasteiger partial charge is 0.319 e. The fraction of sp³-hybridized carbons (Fsp3) is 0.222. The Bertz CT molecular complexity index is 770. The number of benzene rings is 2. The third-order valence-electron chi connectivity index (χ3n) is 3.75. The van der Waals surface area contributed by atoms with Gasteiger partial charge in [-0.25, -0.2) is 4.79 Å². The van der Waals surface area contributed by atoms with Gasteiger partial charge in [-0.3, -0.25) is 4.79 Å². The van der Waals surface area contributed by atoms with Crippen molar-refractivity contribution in [3.63, 3.8) is 0 Å². The van der Waals surface area contributed by atoms with Crippen LogP contribution in [0.2, 0.25) is 5.02 Å². The molecule has 3 rings (SSSR count). The molecule has 0 atom stereocenters. The Kier molecular flexibility index (Phi) is 4.71. The van der Waals surface area contributed by atoms with E-state index in [9.17, 15) is 9.59 Å². The van der Waals surface area contributed by atoms with Gasteiger partial charge in [0.05, 0.1) is 0 Å². The van der Waals surface area contributed by atoms with Crippen molar-refractivity contribution >= 4 is 34.9 Å². The standard InChI is InChI=1S/C18H18ClN3O2/c1-11-2-5-15(10-16(11)19)20-17(23)12-3-6-13(7-4-12)21-18(24)22-14-8-9-14/h2-7,10,14H,8-9H2,1H3,(H,20,23)(H2,21,22,24). The molecule has 5 nitrogen and oxygen atoms in total. The molecule has 0 saturated heterocycles. The maximum absolute atomic E-state index is 12.2. The normalized spacial score (nSPS) is 13.2. The number of rotatable bonds is 4. The minimum absolute atomic E-state index is 0.219. The van der Waals surface area contributed by atoms with E-state index in [1.165, 1.54) is 0 Å². The number of hydrogen-bond donors (Lipinski definition) is 3. The monoisotopic (exact) mass is 343 g/mol. The highest BCUT2D eigenvalue weighted by atomic mass is 35.5. The molecule has 0 spiro atoms. The molecule has 0 aromatic heterocycles. The molecule has 1 aliphatic rings. The van der Waals surface area contributed by atoms with E-state index in [1.54, 1.807) is 36.4 Å². The fourth-order valence-corrected chi connectivity index (χ4v) is 2.34. The number of aryl methyl sites for hydroxylation is 1. The summed E-state index contributed by atoms with van der Waals surface area (Å²) in [6.07, 6.45) is 2.07. The minimum atomic E-state index is -0.232. The molecule has 6 heteroatoms. The predicted molar refractivity (Wildman–Crippen MR) is 95.8 cm³/mol. The lowest BCUT2D eigenvalue weighted by Crippen LogP contribution is -2.30. The first-order valence-corrected chi connectivity index (χ1v) is 8.14. The minimum Gasteiger partial charge on any atom is -0.335 e. The van der Waals surface area contributed by atoms with Gasteiger partial charge in [0.15, 0.2) is 0 Å². The second-order valence-corrected chi connectivity index (χ2v) is 6.28. The van der Waals surface area contributed by atoms with Gasteiger partial charge in [0.2, 0.25) is 0 Å². The van der Waals surface area contributed by atoms with Crippen molar-refractivity contribution < 1.29 is 9.59 Å². The van der Waals surface area contributed by atoms with Crippen molar-refractivity contribution in [1.82, 2.24) is 5.32 Å². The lowest BCUT2D eigenvalue weighted by atomic mass is 10.1. The Hall–Kier alpha value is -2.53. The van der Waals surface area contributed by atoms with Gasteiger partial charge in [-0.15, -0.1) is 0 Å². The Morgan fingerprint density at radius 2 is 1.67 bits per heavy atom. The topological polar surface area (TPSA) is 70.2 Å². The number of hydrogen-bond acceptors (Lipinski definition) is 2. The largest absolute Gasteiger partial charge is 0.335 e. The Balaban J connectivity index is 1.60. The number of nitrogens with one attached hydrogen (secondary N) is 3. The lowest BCUT2D eigenvalue weighted by Gasteiger charge is -2.09. The van der Waals surface area contributed by atoms with Crippen LogP contribution in [0, 0.1) is 6.92 Å². The van der Waals surface area contributed by atoms with Crippen molar-refractivity contribution in [2.24, 2.45) is 0 Å². The van der Waals surface area contributed by atoms with Gasteiger partial charge in [-0.1, -0.05) is 17.7 Å². The quantitative estimate of drug-likeness (QED) is 0.779. The first-order chi connectivity index (χ1) is 11.5. The van der Waals surface area contributed by atoms with Crippen LogP contribution in [0.25, 0.3) is 0 Å². The number of carbonyl (C=O) groups excluding carboxylic acids is 2. The summed E-state index contributed by atoms with van der Waals surface area (Å²) in [5.74, 6) is -0.232. The first kappa shape index (κ1) is 16.3. The van der Waals surface area contributed by atoms with Crippen LogP contribution in [-0.4, -0.2) is 18.0 Å². The molecule has 24 heavy (non-hydrogen) atoms. The molecule has 1 aliphatic carbocycles. The zero-order chi connectivity index (χ0) is 17.1. The van der Waals surface area contributed by atoms with E-state index in [1.807, 2.05) is 13.0 Å². The maximum Gasteiger partial charge on any atom is 0.319 e. The number of anilines is 2. The second-order valence-electron chi connectivity index (χ2n) is 5.87. The SMILES string of the molecule is Cc1ccc(NC(=O)c2ccc(NC(=O)NC3CC3)cc2)cc1Cl. The highest BCUT2D eigenvalue weighted by molar-refractivity contribution is 6.31. The molecule has 0 aliphatic heterocycles. The van der Waals surface area contributed by atoms with Crippen molar-refractivity contribution in [3.8, 4) is 0 Å². The van der Waals surface area contributed by atoms with Crippen molar-refractivity contribution in [3.05, 3.63) is 58.6 Å². The first-order valence-electron chi connectivity index (χ1n) is 7.76. The fourth-order valence-electron chi connectivity index (χ4n) is 2.16. The average Bonchev–Trinajstić information content (AvgIpc) is 3.35. The van der Waals surface area contributed by atoms with E-state index in [0.29, 0.717) is 28.0 Å². The molecule has 3 N–H and O–H groups in total. The third-order valence-corrected chi connectivity index (χ3v) is 4.15. The van der Waals surface area contributed by atoms with Gasteiger partial charge in [-0.2, -0.15) is 0 Å². The molecule has 2 aromatic carbocycles. The molecule has 0 heterocycles. The zero-order valence-electron chi connectivity index (χ0n) is 13.2. The molecule has 2 aromatic rings. The van der Waals surface area contributed by atoms with E-state index in [0.717, 1.165) is 18.4 Å². The van der Waals surface area contributed by atoms with Crippen molar-refractivity contribution in [1.29, 1.82) is 0 Å². The van der Waals surface area contributed by atoms with Crippen LogP contribution in [0.3, 0.4) is 0 Å². The molecule has 3 amide bonds. The van der Waals surface area contributed by atoms with Gasteiger partial charge >= 0.3 is 6.03 Å². The third kappa shape index (κ3) is 4.26. The number of halogens is 1. The molecule has 0 bridgehead atoms. The summed E-state index contributed by atoms with van der Waals surface area (Å²) in [5, 5.41) is 8.99. The summed E-state index contributed by atoms with van der Waals surface area (Å²) in [4.78, 5) is 23.9. The number of carbonyl (C=O) groups is 2. The van der Waals surface area contributed by atoms with Crippen LogP contribution in [0.15, 0.2) is 42.5 Å². The van der Waals surface area contributed by atoms with Crippen LogP contribution in [0.4, 0.5) is 16.2 Å². The molecule has 1 fully saturated rings. The summed E-state index contributed by atoms with van der Waals surface area (Å²) in [6, 6.07) is 12.2. The molecule has 0 unspecified atom stereocenters. The van der Waals surface area contributed by atoms with Gasteiger partial charge in [0.1, 0.15) is 0 Å². The highest BCUT2D eigenvalue weighted by Crippen LogP contribution is 2.21. The molecule has 0 radical (unpaired) electrons. The summed E-state index contributed by atoms with van der Waals surface area (Å²) >= 11 is 6.06. The van der Waals surface area contributed by atoms with Crippen LogP contribution in [-0.2, 0) is 0 Å². The molecular weight excluding hydrogens is 326 g/mol. The zero-order valence-corrected chi connectivity index (χ0v) is 14.0. The second kappa shape index (κ2) is 6.93. The maximum atomic E-state index is 12.2. The van der Waals surface area contributed by atoms with Crippen LogP contribution < -0.4 is 16.0 Å². The molecule has 1 saturated carbocycles. The summed E-state index contributed by atoms with van der Waals surface area (Å²) in [6.45, 7) is 1.90. The van der Waals surface area contributed by atoms with E-state index in [-0.39, 0.29) is 11.9 Å². The van der Waals surface area contributed by atoms with E-state index in [4.69, 9.17) is 11.6 Å². The number of amides is 3. The Morgan fingerprint density at radius 3 is 2.29 bits per heavy atom. The lowest BCUT2D eigenvalue weighted by molar-refractivity contribution is 0.102. The van der Waals surface area contributed by atoms with Crippen molar-refractivity contribution in [2.45, 2.75) is 25.8 Å². The van der Waals surface area contributed by atoms with E-state index in [2.05, 4.69) is 16.0 Å². The Morgan fingerprint density at radius 1 is 1.00 bits per heavy atom. The van der Waals surface area contributed by atoms with Gasteiger partial charge in [0, 0.05) is 28.0 Å².